The van der Waals surface area contributed by atoms with Crippen LogP contribution in [0.1, 0.15) is 12.8 Å². The van der Waals surface area contributed by atoms with Crippen molar-refractivity contribution in [1.82, 2.24) is 15.3 Å². The molecule has 0 amide bonds. The lowest BCUT2D eigenvalue weighted by Crippen LogP contribution is -2.38. The van der Waals surface area contributed by atoms with Gasteiger partial charge in [-0.1, -0.05) is 0 Å². The highest BCUT2D eigenvalue weighted by molar-refractivity contribution is 5.24. The summed E-state index contributed by atoms with van der Waals surface area (Å²) in [6.07, 6.45) is 5.94. The Morgan fingerprint density at radius 3 is 2.92 bits per heavy atom. The van der Waals surface area contributed by atoms with Crippen LogP contribution in [0.4, 0.5) is 5.95 Å². The second-order valence-corrected chi connectivity index (χ2v) is 3.26. The summed E-state index contributed by atoms with van der Waals surface area (Å²) in [5.74, 6) is 0.733. The maximum Gasteiger partial charge on any atom is 0.222 e. The molecule has 0 aromatic carbocycles. The molecule has 0 spiro atoms. The first-order chi connectivity index (χ1) is 6.45. The second-order valence-electron chi connectivity index (χ2n) is 3.26. The molecule has 0 unspecified atom stereocenters. The second kappa shape index (κ2) is 4.18. The molecule has 0 radical (unpaired) electrons. The van der Waals surface area contributed by atoms with Gasteiger partial charge in [0.05, 0.1) is 0 Å². The van der Waals surface area contributed by atoms with E-state index in [1.807, 2.05) is 6.07 Å². The molecule has 4 heteroatoms. The number of hydrogen-bond acceptors (Lipinski definition) is 4. The molecule has 1 aliphatic rings. The van der Waals surface area contributed by atoms with E-state index < -0.39 is 0 Å². The Bertz CT molecular complexity index is 243. The molecule has 1 aromatic rings. The van der Waals surface area contributed by atoms with E-state index in [9.17, 15) is 0 Å². The van der Waals surface area contributed by atoms with Crippen LogP contribution < -0.4 is 10.6 Å². The number of rotatable bonds is 2. The van der Waals surface area contributed by atoms with Crippen LogP contribution in [0.5, 0.6) is 0 Å². The monoisotopic (exact) mass is 178 g/mol. The molecule has 70 valence electrons. The molecule has 1 aliphatic heterocycles. The molecule has 2 heterocycles. The van der Waals surface area contributed by atoms with Gasteiger partial charge in [0.1, 0.15) is 0 Å². The highest BCUT2D eigenvalue weighted by Crippen LogP contribution is 2.06. The average Bonchev–Trinajstić information content (AvgIpc) is 2.21. The van der Waals surface area contributed by atoms with E-state index in [1.165, 1.54) is 12.8 Å². The van der Waals surface area contributed by atoms with Crippen molar-refractivity contribution in [2.24, 2.45) is 0 Å². The molecule has 1 saturated heterocycles. The fourth-order valence-corrected chi connectivity index (χ4v) is 1.53. The summed E-state index contributed by atoms with van der Waals surface area (Å²) in [4.78, 5) is 8.25. The molecule has 2 N–H and O–H groups in total. The third-order valence-corrected chi connectivity index (χ3v) is 2.20. The van der Waals surface area contributed by atoms with E-state index in [4.69, 9.17) is 0 Å². The summed E-state index contributed by atoms with van der Waals surface area (Å²) >= 11 is 0. The predicted octanol–water partition coefficient (Wildman–Crippen LogP) is 0.640. The molecule has 1 aromatic heterocycles. The fourth-order valence-electron chi connectivity index (χ4n) is 1.53. The van der Waals surface area contributed by atoms with Crippen molar-refractivity contribution in [3.05, 3.63) is 18.5 Å². The Morgan fingerprint density at radius 1 is 1.38 bits per heavy atom. The number of nitrogens with one attached hydrogen (secondary N) is 2. The molecular formula is C9H14N4. The smallest absolute Gasteiger partial charge is 0.222 e. The van der Waals surface area contributed by atoms with Crippen LogP contribution in [-0.2, 0) is 0 Å². The van der Waals surface area contributed by atoms with Gasteiger partial charge in [0.25, 0.3) is 0 Å². The molecule has 0 saturated carbocycles. The van der Waals surface area contributed by atoms with Crippen molar-refractivity contribution in [1.29, 1.82) is 0 Å². The molecule has 1 atom stereocenters. The minimum atomic E-state index is 0.483. The van der Waals surface area contributed by atoms with Gasteiger partial charge < -0.3 is 10.6 Å². The number of piperidine rings is 1. The number of anilines is 1. The van der Waals surface area contributed by atoms with E-state index in [0.29, 0.717) is 6.04 Å². The average molecular weight is 178 g/mol. The van der Waals surface area contributed by atoms with Crippen molar-refractivity contribution < 1.29 is 0 Å². The molecule has 0 bridgehead atoms. The Balaban J connectivity index is 1.90. The van der Waals surface area contributed by atoms with Crippen LogP contribution in [-0.4, -0.2) is 29.1 Å². The molecular weight excluding hydrogens is 164 g/mol. The van der Waals surface area contributed by atoms with Gasteiger partial charge in [-0.25, -0.2) is 9.97 Å². The highest BCUT2D eigenvalue weighted by atomic mass is 15.1. The van der Waals surface area contributed by atoms with E-state index in [2.05, 4.69) is 20.6 Å². The summed E-state index contributed by atoms with van der Waals surface area (Å²) in [5.41, 5.74) is 0. The molecule has 13 heavy (non-hydrogen) atoms. The van der Waals surface area contributed by atoms with Gasteiger partial charge in [0.2, 0.25) is 5.95 Å². The molecule has 1 fully saturated rings. The van der Waals surface area contributed by atoms with Gasteiger partial charge in [0.15, 0.2) is 0 Å². The third kappa shape index (κ3) is 2.39. The van der Waals surface area contributed by atoms with Crippen LogP contribution in [0, 0.1) is 0 Å². The Kier molecular flexibility index (Phi) is 2.72. The van der Waals surface area contributed by atoms with Gasteiger partial charge in [0, 0.05) is 25.0 Å². The van der Waals surface area contributed by atoms with Gasteiger partial charge in [-0.3, -0.25) is 0 Å². The summed E-state index contributed by atoms with van der Waals surface area (Å²) in [6.45, 7) is 2.14. The van der Waals surface area contributed by atoms with Crippen molar-refractivity contribution in [3.63, 3.8) is 0 Å². The summed E-state index contributed by atoms with van der Waals surface area (Å²) in [7, 11) is 0. The minimum Gasteiger partial charge on any atom is -0.350 e. The molecule has 0 aliphatic carbocycles. The van der Waals surface area contributed by atoms with Crippen LogP contribution in [0.3, 0.4) is 0 Å². The lowest BCUT2D eigenvalue weighted by molar-refractivity contribution is 0.478. The standard InChI is InChI=1S/C9H14N4/c1-3-8(7-10-4-1)13-9-11-5-2-6-12-9/h2,5-6,8,10H,1,3-4,7H2,(H,11,12,13)/t8-/m0/s1. The maximum absolute atomic E-state index is 4.12. The van der Waals surface area contributed by atoms with E-state index in [1.54, 1.807) is 12.4 Å². The van der Waals surface area contributed by atoms with Gasteiger partial charge in [-0.2, -0.15) is 0 Å². The lowest BCUT2D eigenvalue weighted by Gasteiger charge is -2.23. The Labute approximate surface area is 77.8 Å². The lowest BCUT2D eigenvalue weighted by atomic mass is 10.1. The van der Waals surface area contributed by atoms with E-state index >= 15 is 0 Å². The van der Waals surface area contributed by atoms with Gasteiger partial charge in [-0.15, -0.1) is 0 Å². The Hall–Kier alpha value is -1.16. The van der Waals surface area contributed by atoms with Crippen LogP contribution in [0.15, 0.2) is 18.5 Å². The first-order valence-corrected chi connectivity index (χ1v) is 4.69. The minimum absolute atomic E-state index is 0.483. The maximum atomic E-state index is 4.12. The normalized spacial score (nSPS) is 22.6. The van der Waals surface area contributed by atoms with Crippen molar-refractivity contribution in [2.75, 3.05) is 18.4 Å². The number of hydrogen-bond donors (Lipinski definition) is 2. The highest BCUT2D eigenvalue weighted by Gasteiger charge is 2.12. The molecule has 4 nitrogen and oxygen atoms in total. The largest absolute Gasteiger partial charge is 0.350 e. The zero-order chi connectivity index (χ0) is 8.93. The van der Waals surface area contributed by atoms with E-state index in [0.717, 1.165) is 19.0 Å². The first-order valence-electron chi connectivity index (χ1n) is 4.69. The zero-order valence-electron chi connectivity index (χ0n) is 7.53. The van der Waals surface area contributed by atoms with E-state index in [-0.39, 0.29) is 0 Å². The quantitative estimate of drug-likeness (QED) is 0.697. The Morgan fingerprint density at radius 2 is 2.23 bits per heavy atom. The summed E-state index contributed by atoms with van der Waals surface area (Å²) in [6, 6.07) is 2.31. The summed E-state index contributed by atoms with van der Waals surface area (Å²) in [5, 5.41) is 6.63. The molecule has 2 rings (SSSR count). The van der Waals surface area contributed by atoms with Gasteiger partial charge >= 0.3 is 0 Å². The SMILES string of the molecule is c1cnc(N[C@H]2CCCNC2)nc1. The number of aromatic nitrogens is 2. The van der Waals surface area contributed by atoms with Crippen molar-refractivity contribution in [2.45, 2.75) is 18.9 Å². The zero-order valence-corrected chi connectivity index (χ0v) is 7.53. The first kappa shape index (κ1) is 8.44. The topological polar surface area (TPSA) is 49.8 Å². The predicted molar refractivity (Wildman–Crippen MR) is 51.5 cm³/mol. The summed E-state index contributed by atoms with van der Waals surface area (Å²) < 4.78 is 0. The number of nitrogens with zero attached hydrogens (tertiary/aromatic N) is 2. The van der Waals surface area contributed by atoms with Gasteiger partial charge in [-0.05, 0) is 25.5 Å². The van der Waals surface area contributed by atoms with Crippen LogP contribution in [0.2, 0.25) is 0 Å². The van der Waals surface area contributed by atoms with Crippen molar-refractivity contribution in [3.8, 4) is 0 Å². The third-order valence-electron chi connectivity index (χ3n) is 2.20. The van der Waals surface area contributed by atoms with Crippen LogP contribution in [0.25, 0.3) is 0 Å². The fraction of sp³-hybridized carbons (Fsp3) is 0.556. The van der Waals surface area contributed by atoms with Crippen molar-refractivity contribution >= 4 is 5.95 Å². The van der Waals surface area contributed by atoms with Crippen LogP contribution >= 0.6 is 0 Å².